The Kier molecular flexibility index (Phi) is 5.10. The molecule has 2 N–H and O–H groups in total. The third-order valence-electron chi connectivity index (χ3n) is 3.15. The van der Waals surface area contributed by atoms with Crippen molar-refractivity contribution in [2.45, 2.75) is 17.4 Å². The van der Waals surface area contributed by atoms with Gasteiger partial charge in [0.25, 0.3) is 0 Å². The zero-order valence-electron chi connectivity index (χ0n) is 11.5. The minimum absolute atomic E-state index is 0.0310. The van der Waals surface area contributed by atoms with Crippen molar-refractivity contribution in [2.24, 2.45) is 0 Å². The van der Waals surface area contributed by atoms with Gasteiger partial charge in [0.1, 0.15) is 4.90 Å². The van der Waals surface area contributed by atoms with E-state index in [9.17, 15) is 21.6 Å². The summed E-state index contributed by atoms with van der Waals surface area (Å²) in [6, 6.07) is 5.40. The molecule has 1 heterocycles. The van der Waals surface area contributed by atoms with Crippen LogP contribution in [0.3, 0.4) is 0 Å². The van der Waals surface area contributed by atoms with Crippen LogP contribution in [-0.2, 0) is 24.7 Å². The highest BCUT2D eigenvalue weighted by Crippen LogP contribution is 2.19. The van der Waals surface area contributed by atoms with Crippen molar-refractivity contribution in [2.75, 3.05) is 18.1 Å². The number of hydrogen-bond acceptors (Lipinski definition) is 5. The number of sulfone groups is 1. The molecule has 0 aliphatic carbocycles. The molecule has 7 nitrogen and oxygen atoms in total. The second-order valence-electron chi connectivity index (χ2n) is 4.92. The van der Waals surface area contributed by atoms with E-state index in [-0.39, 0.29) is 21.4 Å². The van der Waals surface area contributed by atoms with Gasteiger partial charge in [-0.25, -0.2) is 21.6 Å². The summed E-state index contributed by atoms with van der Waals surface area (Å²) in [6.45, 7) is -0.482. The predicted molar refractivity (Wildman–Crippen MR) is 81.8 cm³/mol. The molecule has 1 saturated heterocycles. The van der Waals surface area contributed by atoms with Gasteiger partial charge in [-0.15, -0.1) is 0 Å². The molecule has 0 bridgehead atoms. The maximum absolute atomic E-state index is 12.0. The second-order valence-corrected chi connectivity index (χ2v) is 9.29. The first-order valence-corrected chi connectivity index (χ1v) is 10.1. The largest absolute Gasteiger partial charge is 0.351 e. The van der Waals surface area contributed by atoms with E-state index in [1.54, 1.807) is 6.07 Å². The third kappa shape index (κ3) is 4.42. The zero-order chi connectivity index (χ0) is 16.4. The Bertz CT molecular complexity index is 776. The molecule has 0 radical (unpaired) electrons. The highest BCUT2D eigenvalue weighted by atomic mass is 35.5. The van der Waals surface area contributed by atoms with Crippen LogP contribution in [0.4, 0.5) is 0 Å². The topological polar surface area (TPSA) is 109 Å². The van der Waals surface area contributed by atoms with E-state index < -0.39 is 38.4 Å². The Morgan fingerprint density at radius 1 is 1.32 bits per heavy atom. The number of sulfonamides is 1. The van der Waals surface area contributed by atoms with E-state index in [1.165, 1.54) is 18.2 Å². The molecule has 1 aromatic carbocycles. The van der Waals surface area contributed by atoms with Gasteiger partial charge < -0.3 is 5.32 Å². The lowest BCUT2D eigenvalue weighted by Crippen LogP contribution is -2.42. The molecular formula is C12H15ClN2O5S2. The lowest BCUT2D eigenvalue weighted by atomic mass is 10.2. The van der Waals surface area contributed by atoms with Crippen molar-refractivity contribution < 1.29 is 21.6 Å². The van der Waals surface area contributed by atoms with Gasteiger partial charge in [0, 0.05) is 6.04 Å². The van der Waals surface area contributed by atoms with Crippen LogP contribution in [-0.4, -0.2) is 46.8 Å². The summed E-state index contributed by atoms with van der Waals surface area (Å²) in [4.78, 5) is 11.6. The number of carbonyl (C=O) groups is 1. The van der Waals surface area contributed by atoms with Crippen molar-refractivity contribution in [1.29, 1.82) is 0 Å². The minimum atomic E-state index is -3.90. The Morgan fingerprint density at radius 2 is 2.00 bits per heavy atom. The predicted octanol–water partition coefficient (Wildman–Crippen LogP) is -0.0784. The maximum Gasteiger partial charge on any atom is 0.242 e. The van der Waals surface area contributed by atoms with E-state index in [1.807, 2.05) is 0 Å². The maximum atomic E-state index is 12.0. The summed E-state index contributed by atoms with van der Waals surface area (Å²) in [5.41, 5.74) is 0. The lowest BCUT2D eigenvalue weighted by Gasteiger charge is -2.12. The molecule has 1 atom stereocenters. The van der Waals surface area contributed by atoms with Gasteiger partial charge in [0.05, 0.1) is 23.1 Å². The van der Waals surface area contributed by atoms with Crippen LogP contribution in [0.25, 0.3) is 0 Å². The first kappa shape index (κ1) is 17.2. The normalized spacial score (nSPS) is 20.7. The number of rotatable bonds is 5. The Labute approximate surface area is 134 Å². The molecular weight excluding hydrogens is 352 g/mol. The number of benzene rings is 1. The highest BCUT2D eigenvalue weighted by Gasteiger charge is 2.29. The average Bonchev–Trinajstić information content (AvgIpc) is 2.76. The van der Waals surface area contributed by atoms with Gasteiger partial charge in [-0.1, -0.05) is 23.7 Å². The van der Waals surface area contributed by atoms with E-state index in [0.717, 1.165) is 0 Å². The van der Waals surface area contributed by atoms with E-state index in [4.69, 9.17) is 11.6 Å². The number of nitrogens with one attached hydrogen (secondary N) is 2. The monoisotopic (exact) mass is 366 g/mol. The van der Waals surface area contributed by atoms with Crippen LogP contribution < -0.4 is 10.0 Å². The highest BCUT2D eigenvalue weighted by molar-refractivity contribution is 7.91. The fourth-order valence-corrected chi connectivity index (χ4v) is 5.26. The molecule has 1 aromatic rings. The van der Waals surface area contributed by atoms with Gasteiger partial charge in [0.2, 0.25) is 15.9 Å². The van der Waals surface area contributed by atoms with Crippen LogP contribution in [0.2, 0.25) is 5.02 Å². The standard InChI is InChI=1S/C12H15ClN2O5S2/c13-10-3-1-2-4-11(10)22(19,20)14-7-12(16)15-9-5-6-21(17,18)8-9/h1-4,9,14H,5-8H2,(H,15,16). The summed E-state index contributed by atoms with van der Waals surface area (Å²) in [6.07, 6.45) is 0.339. The molecule has 1 amide bonds. The smallest absolute Gasteiger partial charge is 0.242 e. The van der Waals surface area contributed by atoms with Crippen LogP contribution in [0, 0.1) is 0 Å². The molecule has 1 unspecified atom stereocenters. The van der Waals surface area contributed by atoms with Gasteiger partial charge in [0.15, 0.2) is 9.84 Å². The number of amides is 1. The quantitative estimate of drug-likeness (QED) is 0.757. The summed E-state index contributed by atoms with van der Waals surface area (Å²) in [5.74, 6) is -0.669. The molecule has 22 heavy (non-hydrogen) atoms. The van der Waals surface area contributed by atoms with Crippen molar-refractivity contribution in [3.8, 4) is 0 Å². The second kappa shape index (κ2) is 6.53. The molecule has 10 heteroatoms. The van der Waals surface area contributed by atoms with E-state index >= 15 is 0 Å². The number of hydrogen-bond donors (Lipinski definition) is 2. The third-order valence-corrected chi connectivity index (χ3v) is 6.82. The SMILES string of the molecule is O=C(CNS(=O)(=O)c1ccccc1Cl)NC1CCS(=O)(=O)C1. The van der Waals surface area contributed by atoms with Crippen LogP contribution >= 0.6 is 11.6 Å². The van der Waals surface area contributed by atoms with Crippen LogP contribution in [0.1, 0.15) is 6.42 Å². The first-order chi connectivity index (χ1) is 10.2. The summed E-state index contributed by atoms with van der Waals surface area (Å²) < 4.78 is 48.8. The Morgan fingerprint density at radius 3 is 2.59 bits per heavy atom. The molecule has 1 aliphatic heterocycles. The number of carbonyl (C=O) groups excluding carboxylic acids is 1. The average molecular weight is 367 g/mol. The van der Waals surface area contributed by atoms with E-state index in [0.29, 0.717) is 6.42 Å². The molecule has 0 aromatic heterocycles. The summed E-state index contributed by atoms with van der Waals surface area (Å²) in [5, 5.41) is 2.55. The van der Waals surface area contributed by atoms with E-state index in [2.05, 4.69) is 10.0 Å². The lowest BCUT2D eigenvalue weighted by molar-refractivity contribution is -0.120. The summed E-state index contributed by atoms with van der Waals surface area (Å²) >= 11 is 5.81. The molecule has 0 saturated carbocycles. The zero-order valence-corrected chi connectivity index (χ0v) is 13.8. The van der Waals surface area contributed by atoms with Crippen LogP contribution in [0.5, 0.6) is 0 Å². The first-order valence-electron chi connectivity index (χ1n) is 6.44. The van der Waals surface area contributed by atoms with Crippen LogP contribution in [0.15, 0.2) is 29.2 Å². The Hall–Kier alpha value is -1.16. The molecule has 2 rings (SSSR count). The number of halogens is 1. The molecule has 122 valence electrons. The fraction of sp³-hybridized carbons (Fsp3) is 0.417. The Balaban J connectivity index is 1.92. The minimum Gasteiger partial charge on any atom is -0.351 e. The van der Waals surface area contributed by atoms with Gasteiger partial charge in [-0.3, -0.25) is 4.79 Å². The molecule has 0 spiro atoms. The van der Waals surface area contributed by atoms with Gasteiger partial charge in [-0.05, 0) is 18.6 Å². The molecule has 1 fully saturated rings. The van der Waals surface area contributed by atoms with Crippen molar-refractivity contribution >= 4 is 37.4 Å². The van der Waals surface area contributed by atoms with Crippen molar-refractivity contribution in [3.63, 3.8) is 0 Å². The van der Waals surface area contributed by atoms with Gasteiger partial charge >= 0.3 is 0 Å². The molecule has 1 aliphatic rings. The summed E-state index contributed by atoms with van der Waals surface area (Å²) in [7, 11) is -7.01. The van der Waals surface area contributed by atoms with Crippen molar-refractivity contribution in [1.82, 2.24) is 10.0 Å². The van der Waals surface area contributed by atoms with Crippen molar-refractivity contribution in [3.05, 3.63) is 29.3 Å². The van der Waals surface area contributed by atoms with Gasteiger partial charge in [-0.2, -0.15) is 0 Å². The fourth-order valence-electron chi connectivity index (χ4n) is 2.09.